The van der Waals surface area contributed by atoms with Gasteiger partial charge in [-0.2, -0.15) is 10.2 Å². The Bertz CT molecular complexity index is 764. The summed E-state index contributed by atoms with van der Waals surface area (Å²) < 4.78 is 6.96. The SMILES string of the molecule is Cc1nc(-c2cccc(C(=O)OCCn3cccn3)c2)n[nH]1. The summed E-state index contributed by atoms with van der Waals surface area (Å²) in [5, 5.41) is 10.9. The third-order valence-electron chi connectivity index (χ3n) is 3.07. The second-order valence-corrected chi connectivity index (χ2v) is 4.73. The van der Waals surface area contributed by atoms with E-state index in [1.807, 2.05) is 25.3 Å². The van der Waals surface area contributed by atoms with Crippen molar-refractivity contribution in [2.45, 2.75) is 13.5 Å². The smallest absolute Gasteiger partial charge is 0.338 e. The number of hydrogen-bond acceptors (Lipinski definition) is 5. The van der Waals surface area contributed by atoms with Crippen LogP contribution in [-0.4, -0.2) is 37.5 Å². The third kappa shape index (κ3) is 3.20. The predicted octanol–water partition coefficient (Wildman–Crippen LogP) is 1.83. The van der Waals surface area contributed by atoms with Crippen LogP contribution in [0.4, 0.5) is 0 Å². The Hall–Kier alpha value is -2.96. The van der Waals surface area contributed by atoms with Gasteiger partial charge < -0.3 is 4.74 Å². The lowest BCUT2D eigenvalue weighted by Crippen LogP contribution is -2.11. The number of carbonyl (C=O) groups excluding carboxylic acids is 1. The number of carbonyl (C=O) groups is 1. The first kappa shape index (κ1) is 14.0. The normalized spacial score (nSPS) is 10.6. The second-order valence-electron chi connectivity index (χ2n) is 4.73. The molecule has 0 amide bonds. The van der Waals surface area contributed by atoms with Crippen LogP contribution in [0.2, 0.25) is 0 Å². The lowest BCUT2D eigenvalue weighted by Gasteiger charge is -2.06. The van der Waals surface area contributed by atoms with E-state index in [2.05, 4.69) is 20.3 Å². The fraction of sp³-hybridized carbons (Fsp3) is 0.200. The Morgan fingerprint density at radius 2 is 2.27 bits per heavy atom. The number of aromatic nitrogens is 5. The van der Waals surface area contributed by atoms with Gasteiger partial charge in [0.05, 0.1) is 12.1 Å². The minimum Gasteiger partial charge on any atom is -0.460 e. The van der Waals surface area contributed by atoms with Crippen molar-refractivity contribution in [1.29, 1.82) is 0 Å². The quantitative estimate of drug-likeness (QED) is 0.726. The van der Waals surface area contributed by atoms with Crippen molar-refractivity contribution in [2.24, 2.45) is 0 Å². The summed E-state index contributed by atoms with van der Waals surface area (Å²) in [7, 11) is 0. The molecule has 112 valence electrons. The maximum Gasteiger partial charge on any atom is 0.338 e. The van der Waals surface area contributed by atoms with Gasteiger partial charge in [-0.1, -0.05) is 12.1 Å². The van der Waals surface area contributed by atoms with Crippen molar-refractivity contribution in [3.63, 3.8) is 0 Å². The molecule has 0 radical (unpaired) electrons. The van der Waals surface area contributed by atoms with Crippen molar-refractivity contribution in [3.05, 3.63) is 54.1 Å². The van der Waals surface area contributed by atoms with Gasteiger partial charge in [0.2, 0.25) is 0 Å². The molecule has 2 heterocycles. The van der Waals surface area contributed by atoms with Gasteiger partial charge in [0.1, 0.15) is 12.4 Å². The molecule has 7 heteroatoms. The topological polar surface area (TPSA) is 85.7 Å². The highest BCUT2D eigenvalue weighted by molar-refractivity contribution is 5.90. The fourth-order valence-electron chi connectivity index (χ4n) is 2.00. The predicted molar refractivity (Wildman–Crippen MR) is 79.1 cm³/mol. The van der Waals surface area contributed by atoms with Crippen LogP contribution in [0.25, 0.3) is 11.4 Å². The second kappa shape index (κ2) is 6.21. The number of H-pyrrole nitrogens is 1. The molecular weight excluding hydrogens is 282 g/mol. The van der Waals surface area contributed by atoms with E-state index >= 15 is 0 Å². The first-order valence-electron chi connectivity index (χ1n) is 6.86. The van der Waals surface area contributed by atoms with Crippen LogP contribution < -0.4 is 0 Å². The summed E-state index contributed by atoms with van der Waals surface area (Å²) in [6, 6.07) is 8.89. The summed E-state index contributed by atoms with van der Waals surface area (Å²) in [6.45, 7) is 2.62. The van der Waals surface area contributed by atoms with Gasteiger partial charge in [-0.3, -0.25) is 9.78 Å². The van der Waals surface area contributed by atoms with Crippen LogP contribution in [0.1, 0.15) is 16.2 Å². The van der Waals surface area contributed by atoms with Crippen molar-refractivity contribution < 1.29 is 9.53 Å². The van der Waals surface area contributed by atoms with Crippen molar-refractivity contribution in [2.75, 3.05) is 6.61 Å². The van der Waals surface area contributed by atoms with Gasteiger partial charge in [-0.15, -0.1) is 0 Å². The molecule has 1 aromatic carbocycles. The van der Waals surface area contributed by atoms with Crippen LogP contribution in [0.3, 0.4) is 0 Å². The molecule has 7 nitrogen and oxygen atoms in total. The number of esters is 1. The molecule has 0 fully saturated rings. The molecule has 0 unspecified atom stereocenters. The number of ether oxygens (including phenoxy) is 1. The zero-order valence-electron chi connectivity index (χ0n) is 12.1. The maximum absolute atomic E-state index is 12.1. The average molecular weight is 297 g/mol. The molecule has 0 aliphatic carbocycles. The van der Waals surface area contributed by atoms with E-state index in [1.165, 1.54) is 0 Å². The van der Waals surface area contributed by atoms with Crippen LogP contribution in [0, 0.1) is 6.92 Å². The summed E-state index contributed by atoms with van der Waals surface area (Å²) in [5.74, 6) is 0.909. The molecule has 0 aliphatic heterocycles. The summed E-state index contributed by atoms with van der Waals surface area (Å²) in [4.78, 5) is 16.3. The number of aromatic amines is 1. The zero-order valence-corrected chi connectivity index (χ0v) is 12.1. The highest BCUT2D eigenvalue weighted by atomic mass is 16.5. The van der Waals surface area contributed by atoms with Gasteiger partial charge in [0, 0.05) is 18.0 Å². The highest BCUT2D eigenvalue weighted by Gasteiger charge is 2.10. The summed E-state index contributed by atoms with van der Waals surface area (Å²) in [6.07, 6.45) is 3.50. The van der Waals surface area contributed by atoms with E-state index in [0.717, 1.165) is 11.4 Å². The average Bonchev–Trinajstić information content (AvgIpc) is 3.19. The van der Waals surface area contributed by atoms with Crippen molar-refractivity contribution in [3.8, 4) is 11.4 Å². The number of aryl methyl sites for hydroxylation is 1. The monoisotopic (exact) mass is 297 g/mol. The minimum atomic E-state index is -0.374. The van der Waals surface area contributed by atoms with Gasteiger partial charge in [0.15, 0.2) is 5.82 Å². The molecule has 0 saturated carbocycles. The Labute approximate surface area is 127 Å². The van der Waals surface area contributed by atoms with Gasteiger partial charge in [0.25, 0.3) is 0 Å². The van der Waals surface area contributed by atoms with E-state index in [1.54, 1.807) is 29.1 Å². The third-order valence-corrected chi connectivity index (χ3v) is 3.07. The van der Waals surface area contributed by atoms with Crippen LogP contribution in [-0.2, 0) is 11.3 Å². The number of benzene rings is 1. The van der Waals surface area contributed by atoms with Crippen LogP contribution in [0.15, 0.2) is 42.7 Å². The Kier molecular flexibility index (Phi) is 3.95. The molecule has 0 saturated heterocycles. The molecule has 1 N–H and O–H groups in total. The number of rotatable bonds is 5. The largest absolute Gasteiger partial charge is 0.460 e. The minimum absolute atomic E-state index is 0.268. The number of nitrogens with one attached hydrogen (secondary N) is 1. The number of hydrogen-bond donors (Lipinski definition) is 1. The van der Waals surface area contributed by atoms with E-state index in [-0.39, 0.29) is 12.6 Å². The molecule has 0 atom stereocenters. The molecule has 0 aliphatic rings. The van der Waals surface area contributed by atoms with E-state index in [0.29, 0.717) is 17.9 Å². The van der Waals surface area contributed by atoms with E-state index < -0.39 is 0 Å². The molecule has 2 aromatic heterocycles. The van der Waals surface area contributed by atoms with Crippen molar-refractivity contribution in [1.82, 2.24) is 25.0 Å². The Morgan fingerprint density at radius 3 is 3.00 bits per heavy atom. The van der Waals surface area contributed by atoms with Crippen LogP contribution in [0.5, 0.6) is 0 Å². The zero-order chi connectivity index (χ0) is 15.4. The van der Waals surface area contributed by atoms with Gasteiger partial charge >= 0.3 is 5.97 Å². The summed E-state index contributed by atoms with van der Waals surface area (Å²) in [5.41, 5.74) is 1.24. The first-order chi connectivity index (χ1) is 10.7. The Balaban J connectivity index is 1.65. The van der Waals surface area contributed by atoms with Gasteiger partial charge in [-0.25, -0.2) is 9.78 Å². The maximum atomic E-state index is 12.1. The lowest BCUT2D eigenvalue weighted by molar-refractivity contribution is 0.0488. The lowest BCUT2D eigenvalue weighted by atomic mass is 10.1. The van der Waals surface area contributed by atoms with Crippen LogP contribution >= 0.6 is 0 Å². The molecule has 0 spiro atoms. The van der Waals surface area contributed by atoms with Crippen molar-refractivity contribution >= 4 is 5.97 Å². The molecule has 22 heavy (non-hydrogen) atoms. The molecule has 0 bridgehead atoms. The fourth-order valence-corrected chi connectivity index (χ4v) is 2.00. The number of nitrogens with zero attached hydrogens (tertiary/aromatic N) is 4. The van der Waals surface area contributed by atoms with Gasteiger partial charge in [-0.05, 0) is 25.1 Å². The molecule has 3 aromatic rings. The van der Waals surface area contributed by atoms with E-state index in [9.17, 15) is 4.79 Å². The van der Waals surface area contributed by atoms with E-state index in [4.69, 9.17) is 4.74 Å². The first-order valence-corrected chi connectivity index (χ1v) is 6.86. The highest BCUT2D eigenvalue weighted by Crippen LogP contribution is 2.16. The Morgan fingerprint density at radius 1 is 1.36 bits per heavy atom. The summed E-state index contributed by atoms with van der Waals surface area (Å²) >= 11 is 0. The standard InChI is InChI=1S/C15H15N5O2/c1-11-17-14(19-18-11)12-4-2-5-13(10-12)15(21)22-9-8-20-7-3-6-16-20/h2-7,10H,8-9H2,1H3,(H,17,18,19). The molecular formula is C15H15N5O2. The molecule has 3 rings (SSSR count).